The van der Waals surface area contributed by atoms with E-state index >= 15 is 0 Å². The van der Waals surface area contributed by atoms with Crippen molar-refractivity contribution in [2.75, 3.05) is 18.4 Å². The first kappa shape index (κ1) is 15.3. The van der Waals surface area contributed by atoms with Gasteiger partial charge in [-0.3, -0.25) is 4.79 Å². The van der Waals surface area contributed by atoms with Gasteiger partial charge in [0, 0.05) is 18.7 Å². The van der Waals surface area contributed by atoms with Crippen LogP contribution in [0.15, 0.2) is 24.3 Å². The van der Waals surface area contributed by atoms with E-state index in [4.69, 9.17) is 5.11 Å². The van der Waals surface area contributed by atoms with Crippen LogP contribution in [-0.4, -0.2) is 45.8 Å². The van der Waals surface area contributed by atoms with Gasteiger partial charge in [-0.25, -0.2) is 4.79 Å². The molecule has 6 heteroatoms. The van der Waals surface area contributed by atoms with Crippen molar-refractivity contribution >= 4 is 17.7 Å². The number of aliphatic hydroxyl groups is 1. The minimum atomic E-state index is -0.844. The Morgan fingerprint density at radius 2 is 2.19 bits per heavy atom. The van der Waals surface area contributed by atoms with Gasteiger partial charge in [-0.15, -0.1) is 0 Å². The van der Waals surface area contributed by atoms with Crippen molar-refractivity contribution in [1.82, 2.24) is 4.90 Å². The Kier molecular flexibility index (Phi) is 4.47. The van der Waals surface area contributed by atoms with Crippen LogP contribution in [-0.2, 0) is 11.2 Å². The molecule has 3 N–H and O–H groups in total. The van der Waals surface area contributed by atoms with Crippen LogP contribution in [0.5, 0.6) is 0 Å². The Labute approximate surface area is 123 Å². The molecule has 0 aliphatic carbocycles. The highest BCUT2D eigenvalue weighted by Crippen LogP contribution is 2.21. The summed E-state index contributed by atoms with van der Waals surface area (Å²) in [7, 11) is 0. The van der Waals surface area contributed by atoms with E-state index in [1.165, 1.54) is 0 Å². The minimum absolute atomic E-state index is 0.0619. The number of carboxylic acids is 1. The number of nitrogens with zero attached hydrogens (tertiary/aromatic N) is 1. The van der Waals surface area contributed by atoms with Crippen LogP contribution in [0.2, 0.25) is 0 Å². The van der Waals surface area contributed by atoms with Crippen molar-refractivity contribution in [3.8, 4) is 0 Å². The second kappa shape index (κ2) is 6.13. The summed E-state index contributed by atoms with van der Waals surface area (Å²) in [6, 6.07) is 6.90. The lowest BCUT2D eigenvalue weighted by Gasteiger charge is -2.19. The highest BCUT2D eigenvalue weighted by molar-refractivity contribution is 5.89. The molecule has 21 heavy (non-hydrogen) atoms. The molecule has 1 aromatic carbocycles. The quantitative estimate of drug-likeness (QED) is 0.787. The number of carboxylic acid groups (broad SMARTS) is 1. The molecule has 6 nitrogen and oxygen atoms in total. The van der Waals surface area contributed by atoms with Crippen LogP contribution >= 0.6 is 0 Å². The highest BCUT2D eigenvalue weighted by Gasteiger charge is 2.33. The average molecular weight is 292 g/mol. The van der Waals surface area contributed by atoms with Gasteiger partial charge in [0.2, 0.25) is 0 Å². The molecule has 2 rings (SSSR count). The third-order valence-electron chi connectivity index (χ3n) is 3.54. The zero-order chi connectivity index (χ0) is 15.5. The predicted molar refractivity (Wildman–Crippen MR) is 78.2 cm³/mol. The van der Waals surface area contributed by atoms with Gasteiger partial charge in [0.25, 0.3) is 0 Å². The van der Waals surface area contributed by atoms with Gasteiger partial charge >= 0.3 is 12.0 Å². The Hall–Kier alpha value is -2.08. The van der Waals surface area contributed by atoms with Gasteiger partial charge in [-0.1, -0.05) is 12.1 Å². The number of amides is 2. The standard InChI is InChI=1S/C15H20N2O4/c1-15(21)7-8-17(10-15)14(20)16-12-4-2-3-11(9-12)5-6-13(18)19/h2-4,9,21H,5-8,10H2,1H3,(H,16,20)(H,18,19). The van der Waals surface area contributed by atoms with Gasteiger partial charge in [-0.05, 0) is 37.5 Å². The highest BCUT2D eigenvalue weighted by atomic mass is 16.4. The third kappa shape index (κ3) is 4.46. The SMILES string of the molecule is CC1(O)CCN(C(=O)Nc2cccc(CCC(=O)O)c2)C1. The number of hydrogen-bond donors (Lipinski definition) is 3. The number of aliphatic carboxylic acids is 1. The maximum Gasteiger partial charge on any atom is 0.321 e. The van der Waals surface area contributed by atoms with E-state index < -0.39 is 11.6 Å². The van der Waals surface area contributed by atoms with Crippen molar-refractivity contribution < 1.29 is 19.8 Å². The topological polar surface area (TPSA) is 89.9 Å². The van der Waals surface area contributed by atoms with E-state index in [1.807, 2.05) is 6.07 Å². The minimum Gasteiger partial charge on any atom is -0.481 e. The lowest BCUT2D eigenvalue weighted by molar-refractivity contribution is -0.136. The summed E-state index contributed by atoms with van der Waals surface area (Å²) in [6.07, 6.45) is 1.06. The fourth-order valence-corrected chi connectivity index (χ4v) is 2.38. The summed E-state index contributed by atoms with van der Waals surface area (Å²) in [5, 5.41) is 21.3. The number of benzene rings is 1. The third-order valence-corrected chi connectivity index (χ3v) is 3.54. The van der Waals surface area contributed by atoms with Crippen molar-refractivity contribution in [3.63, 3.8) is 0 Å². The Balaban J connectivity index is 1.95. The van der Waals surface area contributed by atoms with Crippen LogP contribution in [0.1, 0.15) is 25.3 Å². The summed E-state index contributed by atoms with van der Waals surface area (Å²) in [6.45, 7) is 2.56. The Morgan fingerprint density at radius 1 is 1.43 bits per heavy atom. The second-order valence-corrected chi connectivity index (χ2v) is 5.69. The van der Waals surface area contributed by atoms with Gasteiger partial charge < -0.3 is 20.4 Å². The van der Waals surface area contributed by atoms with E-state index in [-0.39, 0.29) is 12.5 Å². The summed E-state index contributed by atoms with van der Waals surface area (Å²) in [5.74, 6) is -0.844. The first-order valence-corrected chi connectivity index (χ1v) is 6.95. The lowest BCUT2D eigenvalue weighted by Crippen LogP contribution is -2.36. The van der Waals surface area contributed by atoms with Crippen LogP contribution in [0.25, 0.3) is 0 Å². The molecule has 1 unspecified atom stereocenters. The van der Waals surface area contributed by atoms with E-state index in [2.05, 4.69) is 5.32 Å². The molecule has 114 valence electrons. The molecule has 2 amide bonds. The van der Waals surface area contributed by atoms with Crippen LogP contribution < -0.4 is 5.32 Å². The summed E-state index contributed by atoms with van der Waals surface area (Å²) in [4.78, 5) is 24.2. The molecule has 0 saturated carbocycles. The number of anilines is 1. The maximum atomic E-state index is 12.1. The Morgan fingerprint density at radius 3 is 2.81 bits per heavy atom. The van der Waals surface area contributed by atoms with E-state index in [9.17, 15) is 14.7 Å². The van der Waals surface area contributed by atoms with Crippen molar-refractivity contribution in [2.45, 2.75) is 31.8 Å². The number of rotatable bonds is 4. The molecule has 1 heterocycles. The van der Waals surface area contributed by atoms with Crippen molar-refractivity contribution in [2.24, 2.45) is 0 Å². The number of urea groups is 1. The van der Waals surface area contributed by atoms with E-state index in [1.54, 1.807) is 30.0 Å². The molecule has 1 aliphatic heterocycles. The normalized spacial score (nSPS) is 21.3. The first-order chi connectivity index (χ1) is 9.85. The van der Waals surface area contributed by atoms with Crippen LogP contribution in [0.3, 0.4) is 0 Å². The predicted octanol–water partition coefficient (Wildman–Crippen LogP) is 1.69. The van der Waals surface area contributed by atoms with Crippen molar-refractivity contribution in [3.05, 3.63) is 29.8 Å². The Bertz CT molecular complexity index is 542. The molecular formula is C15H20N2O4. The molecule has 1 aliphatic rings. The zero-order valence-electron chi connectivity index (χ0n) is 12.0. The molecule has 1 saturated heterocycles. The fraction of sp³-hybridized carbons (Fsp3) is 0.467. The molecular weight excluding hydrogens is 272 g/mol. The molecule has 0 spiro atoms. The summed E-state index contributed by atoms with van der Waals surface area (Å²) < 4.78 is 0. The summed E-state index contributed by atoms with van der Waals surface area (Å²) >= 11 is 0. The number of β-amino-alcohol motifs (C(OH)–C–C–N with tert-alkyl or cyclic N) is 1. The number of aryl methyl sites for hydroxylation is 1. The second-order valence-electron chi connectivity index (χ2n) is 5.69. The number of carbonyl (C=O) groups excluding carboxylic acids is 1. The molecule has 1 aromatic rings. The van der Waals surface area contributed by atoms with Crippen molar-refractivity contribution in [1.29, 1.82) is 0 Å². The number of nitrogens with one attached hydrogen (secondary N) is 1. The fourth-order valence-electron chi connectivity index (χ4n) is 2.38. The maximum absolute atomic E-state index is 12.1. The van der Waals surface area contributed by atoms with Gasteiger partial charge in [0.05, 0.1) is 12.1 Å². The molecule has 0 bridgehead atoms. The number of carbonyl (C=O) groups is 2. The largest absolute Gasteiger partial charge is 0.481 e. The molecule has 0 aromatic heterocycles. The summed E-state index contributed by atoms with van der Waals surface area (Å²) in [5.41, 5.74) is 0.679. The average Bonchev–Trinajstić information content (AvgIpc) is 2.77. The van der Waals surface area contributed by atoms with E-state index in [0.717, 1.165) is 5.56 Å². The smallest absolute Gasteiger partial charge is 0.321 e. The van der Waals surface area contributed by atoms with Crippen LogP contribution in [0, 0.1) is 0 Å². The number of likely N-dealkylation sites (tertiary alicyclic amines) is 1. The number of hydrogen-bond acceptors (Lipinski definition) is 3. The monoisotopic (exact) mass is 292 g/mol. The molecule has 1 fully saturated rings. The van der Waals surface area contributed by atoms with Crippen LogP contribution in [0.4, 0.5) is 10.5 Å². The van der Waals surface area contributed by atoms with Gasteiger partial charge in [0.15, 0.2) is 0 Å². The molecule has 0 radical (unpaired) electrons. The van der Waals surface area contributed by atoms with Gasteiger partial charge in [-0.2, -0.15) is 0 Å². The van der Waals surface area contributed by atoms with E-state index in [0.29, 0.717) is 31.6 Å². The molecule has 1 atom stereocenters. The lowest BCUT2D eigenvalue weighted by atomic mass is 10.1. The first-order valence-electron chi connectivity index (χ1n) is 6.95. The van der Waals surface area contributed by atoms with Gasteiger partial charge in [0.1, 0.15) is 0 Å². The zero-order valence-corrected chi connectivity index (χ0v) is 12.0.